The number of likely N-dealkylation sites (N-methyl/N-ethyl adjacent to an activating group) is 1. The quantitative estimate of drug-likeness (QED) is 0.652. The molecule has 23 heavy (non-hydrogen) atoms. The summed E-state index contributed by atoms with van der Waals surface area (Å²) in [4.78, 5) is 16.6. The van der Waals surface area contributed by atoms with E-state index in [4.69, 9.17) is 4.74 Å². The molecule has 1 atom stereocenters. The molecule has 1 amide bonds. The van der Waals surface area contributed by atoms with Crippen molar-refractivity contribution in [2.45, 2.75) is 40.2 Å². The summed E-state index contributed by atoms with van der Waals surface area (Å²) in [5, 5.41) is 0. The van der Waals surface area contributed by atoms with Gasteiger partial charge in [0.15, 0.2) is 0 Å². The zero-order valence-electron chi connectivity index (χ0n) is 14.8. The van der Waals surface area contributed by atoms with Gasteiger partial charge in [0.25, 0.3) is 0 Å². The van der Waals surface area contributed by atoms with Crippen molar-refractivity contribution in [1.82, 2.24) is 9.80 Å². The summed E-state index contributed by atoms with van der Waals surface area (Å²) < 4.78 is 5.76. The Morgan fingerprint density at radius 2 is 1.70 bits per heavy atom. The fraction of sp³-hybridized carbons (Fsp3) is 0.611. The molecule has 1 unspecified atom stereocenters. The Kier molecular flexibility index (Phi) is 11.5. The zero-order chi connectivity index (χ0) is 16.4. The van der Waals surface area contributed by atoms with E-state index in [0.29, 0.717) is 13.0 Å². The number of halogens is 1. The highest BCUT2D eigenvalue weighted by molar-refractivity contribution is 5.85. The Balaban J connectivity index is 0.00000484. The molecule has 0 aliphatic heterocycles. The molecule has 0 N–H and O–H groups in total. The van der Waals surface area contributed by atoms with E-state index in [1.54, 1.807) is 0 Å². The molecule has 0 aromatic heterocycles. The van der Waals surface area contributed by atoms with Crippen LogP contribution in [0.2, 0.25) is 0 Å². The lowest BCUT2D eigenvalue weighted by Crippen LogP contribution is -2.43. The number of para-hydroxylation sites is 1. The van der Waals surface area contributed by atoms with Gasteiger partial charge in [0.2, 0.25) is 5.91 Å². The molecule has 0 aliphatic rings. The highest BCUT2D eigenvalue weighted by Gasteiger charge is 2.19. The number of carbonyl (C=O) groups is 1. The number of hydrogen-bond donors (Lipinski definition) is 0. The monoisotopic (exact) mass is 342 g/mol. The first-order valence-electron chi connectivity index (χ1n) is 8.31. The van der Waals surface area contributed by atoms with Crippen LogP contribution < -0.4 is 4.74 Å². The van der Waals surface area contributed by atoms with Gasteiger partial charge >= 0.3 is 0 Å². The molecule has 5 heteroatoms. The molecule has 0 saturated heterocycles. The van der Waals surface area contributed by atoms with Crippen LogP contribution in [0.1, 0.15) is 34.1 Å². The third kappa shape index (κ3) is 7.71. The van der Waals surface area contributed by atoms with Gasteiger partial charge in [-0.2, -0.15) is 0 Å². The van der Waals surface area contributed by atoms with Crippen molar-refractivity contribution in [3.05, 3.63) is 30.3 Å². The first-order valence-corrected chi connectivity index (χ1v) is 8.31. The Morgan fingerprint density at radius 1 is 1.09 bits per heavy atom. The largest absolute Gasteiger partial charge is 0.491 e. The van der Waals surface area contributed by atoms with Gasteiger partial charge in [0, 0.05) is 19.5 Å². The van der Waals surface area contributed by atoms with Crippen molar-refractivity contribution >= 4 is 18.3 Å². The third-order valence-electron chi connectivity index (χ3n) is 3.96. The van der Waals surface area contributed by atoms with Crippen LogP contribution in [0.25, 0.3) is 0 Å². The Morgan fingerprint density at radius 3 is 2.22 bits per heavy atom. The predicted octanol–water partition coefficient (Wildman–Crippen LogP) is 3.46. The second-order valence-electron chi connectivity index (χ2n) is 5.43. The number of ether oxygens (including phenoxy) is 1. The van der Waals surface area contributed by atoms with Gasteiger partial charge in [-0.05, 0) is 39.1 Å². The maximum absolute atomic E-state index is 12.4. The zero-order valence-corrected chi connectivity index (χ0v) is 15.6. The molecule has 1 rings (SSSR count). The molecule has 0 heterocycles. The lowest BCUT2D eigenvalue weighted by atomic mass is 10.2. The first kappa shape index (κ1) is 21.7. The second-order valence-corrected chi connectivity index (χ2v) is 5.43. The normalized spacial score (nSPS) is 11.7. The topological polar surface area (TPSA) is 32.8 Å². The summed E-state index contributed by atoms with van der Waals surface area (Å²) in [5.74, 6) is 1.06. The third-order valence-corrected chi connectivity index (χ3v) is 3.96. The maximum Gasteiger partial charge on any atom is 0.224 e. The van der Waals surface area contributed by atoms with Crippen molar-refractivity contribution < 1.29 is 9.53 Å². The molecule has 1 aromatic carbocycles. The van der Waals surface area contributed by atoms with E-state index in [0.717, 1.165) is 31.9 Å². The highest BCUT2D eigenvalue weighted by atomic mass is 35.5. The summed E-state index contributed by atoms with van der Waals surface area (Å²) >= 11 is 0. The van der Waals surface area contributed by atoms with E-state index in [1.807, 2.05) is 49.1 Å². The number of nitrogens with zero attached hydrogens (tertiary/aromatic N) is 2. The summed E-state index contributed by atoms with van der Waals surface area (Å²) in [6.07, 6.45) is 0.575. The Labute approximate surface area is 147 Å². The molecule has 0 bridgehead atoms. The van der Waals surface area contributed by atoms with Crippen LogP contribution >= 0.6 is 12.4 Å². The molecule has 0 fully saturated rings. The van der Waals surface area contributed by atoms with Crippen LogP contribution in [0.5, 0.6) is 5.75 Å². The van der Waals surface area contributed by atoms with Crippen LogP contribution in [0.3, 0.4) is 0 Å². The number of carbonyl (C=O) groups excluding carboxylic acids is 1. The lowest BCUT2D eigenvalue weighted by molar-refractivity contribution is -0.133. The van der Waals surface area contributed by atoms with Gasteiger partial charge in [0.1, 0.15) is 12.4 Å². The van der Waals surface area contributed by atoms with Gasteiger partial charge in [-0.1, -0.05) is 32.0 Å². The highest BCUT2D eigenvalue weighted by Crippen LogP contribution is 2.11. The first-order chi connectivity index (χ1) is 10.6. The number of hydrogen-bond acceptors (Lipinski definition) is 3. The van der Waals surface area contributed by atoms with Crippen molar-refractivity contribution in [2.24, 2.45) is 0 Å². The fourth-order valence-corrected chi connectivity index (χ4v) is 2.49. The summed E-state index contributed by atoms with van der Waals surface area (Å²) in [6, 6.07) is 9.82. The van der Waals surface area contributed by atoms with Gasteiger partial charge in [0.05, 0.1) is 6.04 Å². The Bertz CT molecular complexity index is 424. The van der Waals surface area contributed by atoms with Crippen LogP contribution in [0.4, 0.5) is 0 Å². The molecule has 132 valence electrons. The van der Waals surface area contributed by atoms with E-state index < -0.39 is 0 Å². The molecule has 0 aliphatic carbocycles. The molecule has 4 nitrogen and oxygen atoms in total. The van der Waals surface area contributed by atoms with Gasteiger partial charge in [-0.25, -0.2) is 0 Å². The molecule has 1 aromatic rings. The maximum atomic E-state index is 12.4. The van der Waals surface area contributed by atoms with Gasteiger partial charge < -0.3 is 14.5 Å². The predicted molar refractivity (Wildman–Crippen MR) is 98.4 cm³/mol. The summed E-state index contributed by atoms with van der Waals surface area (Å²) in [7, 11) is 0. The minimum absolute atomic E-state index is 0. The number of amides is 1. The van der Waals surface area contributed by atoms with E-state index in [9.17, 15) is 4.79 Å². The molecule has 0 saturated carbocycles. The van der Waals surface area contributed by atoms with Crippen LogP contribution in [-0.4, -0.2) is 54.5 Å². The van der Waals surface area contributed by atoms with Crippen molar-refractivity contribution in [1.29, 1.82) is 0 Å². The van der Waals surface area contributed by atoms with E-state index in [1.165, 1.54) is 0 Å². The van der Waals surface area contributed by atoms with Crippen LogP contribution in [0.15, 0.2) is 30.3 Å². The minimum Gasteiger partial charge on any atom is -0.491 e. The second kappa shape index (κ2) is 12.2. The van der Waals surface area contributed by atoms with Crippen molar-refractivity contribution in [2.75, 3.05) is 32.8 Å². The Hall–Kier alpha value is -1.26. The number of rotatable bonds is 10. The lowest BCUT2D eigenvalue weighted by Gasteiger charge is -2.29. The standard InChI is InChI=1S/C18H30N2O2.ClH/c1-5-19(6-2)14-13-18(21)20(7-3)16(4)15-22-17-11-9-8-10-12-17;/h8-12,16H,5-7,13-15H2,1-4H3;1H. The minimum atomic E-state index is 0. The molecule has 0 radical (unpaired) electrons. The van der Waals surface area contributed by atoms with Crippen molar-refractivity contribution in [3.63, 3.8) is 0 Å². The van der Waals surface area contributed by atoms with Crippen molar-refractivity contribution in [3.8, 4) is 5.75 Å². The average molecular weight is 343 g/mol. The van der Waals surface area contributed by atoms with Crippen LogP contribution in [0, 0.1) is 0 Å². The summed E-state index contributed by atoms with van der Waals surface area (Å²) in [5.41, 5.74) is 0. The van der Waals surface area contributed by atoms with E-state index >= 15 is 0 Å². The molecular weight excluding hydrogens is 312 g/mol. The van der Waals surface area contributed by atoms with Crippen LogP contribution in [-0.2, 0) is 4.79 Å². The van der Waals surface area contributed by atoms with Gasteiger partial charge in [-0.3, -0.25) is 4.79 Å². The smallest absolute Gasteiger partial charge is 0.224 e. The average Bonchev–Trinajstić information content (AvgIpc) is 2.55. The fourth-order valence-electron chi connectivity index (χ4n) is 2.49. The summed E-state index contributed by atoms with van der Waals surface area (Å²) in [6.45, 7) is 12.4. The van der Waals surface area contributed by atoms with E-state index in [2.05, 4.69) is 18.7 Å². The van der Waals surface area contributed by atoms with Gasteiger partial charge in [-0.15, -0.1) is 12.4 Å². The SMILES string of the molecule is CCN(CC)CCC(=O)N(CC)C(C)COc1ccccc1.Cl. The number of benzene rings is 1. The molecular formula is C18H31ClN2O2. The van der Waals surface area contributed by atoms with E-state index in [-0.39, 0.29) is 24.4 Å². The molecule has 0 spiro atoms.